The monoisotopic (exact) mass is 344 g/mol. The van der Waals surface area contributed by atoms with Gasteiger partial charge in [0.25, 0.3) is 0 Å². The summed E-state index contributed by atoms with van der Waals surface area (Å²) in [5.41, 5.74) is 2.98. The van der Waals surface area contributed by atoms with Crippen molar-refractivity contribution in [3.63, 3.8) is 0 Å². The molecule has 4 heteroatoms. The van der Waals surface area contributed by atoms with E-state index in [1.807, 2.05) is 54.6 Å². The normalized spacial score (nSPS) is 10.6. The van der Waals surface area contributed by atoms with Crippen LogP contribution in [0.15, 0.2) is 59.2 Å². The van der Waals surface area contributed by atoms with E-state index in [2.05, 4.69) is 33.5 Å². The van der Waals surface area contributed by atoms with Crippen LogP contribution < -0.4 is 10.6 Å². The van der Waals surface area contributed by atoms with Gasteiger partial charge < -0.3 is 10.6 Å². The van der Waals surface area contributed by atoms with Crippen LogP contribution in [0.3, 0.4) is 0 Å². The highest BCUT2D eigenvalue weighted by Gasteiger charge is 2.02. The first kappa shape index (κ1) is 15.3. The zero-order valence-electron chi connectivity index (χ0n) is 11.8. The molecule has 21 heavy (non-hydrogen) atoms. The molecule has 0 saturated heterocycles. The molecular weight excluding hydrogens is 328 g/mol. The molecule has 0 heterocycles. The molecule has 2 rings (SSSR count). The van der Waals surface area contributed by atoms with Crippen molar-refractivity contribution in [1.82, 2.24) is 5.32 Å². The molecule has 0 atom stereocenters. The highest BCUT2D eigenvalue weighted by Crippen LogP contribution is 2.15. The molecular formula is C17H17BrN2O. The van der Waals surface area contributed by atoms with E-state index in [9.17, 15) is 4.79 Å². The van der Waals surface area contributed by atoms with Crippen molar-refractivity contribution in [3.05, 3.63) is 70.3 Å². The van der Waals surface area contributed by atoms with Gasteiger partial charge in [-0.05, 0) is 41.8 Å². The smallest absolute Gasteiger partial charge is 0.314 e. The number of hydrogen-bond acceptors (Lipinski definition) is 1. The van der Waals surface area contributed by atoms with Crippen molar-refractivity contribution in [2.75, 3.05) is 5.32 Å². The maximum atomic E-state index is 11.8. The van der Waals surface area contributed by atoms with Crippen molar-refractivity contribution in [3.8, 4) is 0 Å². The van der Waals surface area contributed by atoms with Crippen molar-refractivity contribution in [2.45, 2.75) is 13.3 Å². The third kappa shape index (κ3) is 4.76. The SMILES string of the molecule is CCc1ccccc1NC(=O)N/C=C/c1ccc(Br)cc1. The third-order valence-electron chi connectivity index (χ3n) is 3.01. The van der Waals surface area contributed by atoms with Gasteiger partial charge in [0.05, 0.1) is 0 Å². The predicted octanol–water partition coefficient (Wildman–Crippen LogP) is 4.80. The number of hydrogen-bond donors (Lipinski definition) is 2. The van der Waals surface area contributed by atoms with E-state index in [4.69, 9.17) is 0 Å². The fraction of sp³-hybridized carbons (Fsp3) is 0.118. The first-order valence-corrected chi connectivity index (χ1v) is 7.56. The molecule has 2 N–H and O–H groups in total. The predicted molar refractivity (Wildman–Crippen MR) is 91.2 cm³/mol. The fourth-order valence-electron chi connectivity index (χ4n) is 1.90. The van der Waals surface area contributed by atoms with Crippen LogP contribution in [0.25, 0.3) is 6.08 Å². The van der Waals surface area contributed by atoms with Gasteiger partial charge in [0, 0.05) is 16.4 Å². The molecule has 2 aromatic rings. The summed E-state index contributed by atoms with van der Waals surface area (Å²) < 4.78 is 1.03. The maximum absolute atomic E-state index is 11.8. The van der Waals surface area contributed by atoms with Crippen LogP contribution >= 0.6 is 15.9 Å². The number of rotatable bonds is 4. The van der Waals surface area contributed by atoms with E-state index in [1.54, 1.807) is 6.20 Å². The molecule has 0 aromatic heterocycles. The number of benzene rings is 2. The Morgan fingerprint density at radius 2 is 1.86 bits per heavy atom. The lowest BCUT2D eigenvalue weighted by Gasteiger charge is -2.08. The molecule has 2 aromatic carbocycles. The number of urea groups is 1. The highest BCUT2D eigenvalue weighted by molar-refractivity contribution is 9.10. The minimum Gasteiger partial charge on any atom is -0.314 e. The Bertz CT molecular complexity index is 635. The van der Waals surface area contributed by atoms with Crippen LogP contribution in [0, 0.1) is 0 Å². The fourth-order valence-corrected chi connectivity index (χ4v) is 2.16. The number of aryl methyl sites for hydroxylation is 1. The number of nitrogens with one attached hydrogen (secondary N) is 2. The van der Waals surface area contributed by atoms with Gasteiger partial charge >= 0.3 is 6.03 Å². The van der Waals surface area contributed by atoms with Crippen molar-refractivity contribution >= 4 is 33.7 Å². The average molecular weight is 345 g/mol. The van der Waals surface area contributed by atoms with Gasteiger partial charge in [-0.15, -0.1) is 0 Å². The summed E-state index contributed by atoms with van der Waals surface area (Å²) in [6.07, 6.45) is 4.36. The minimum absolute atomic E-state index is 0.246. The number of halogens is 1. The summed E-state index contributed by atoms with van der Waals surface area (Å²) >= 11 is 3.38. The lowest BCUT2D eigenvalue weighted by molar-refractivity contribution is 0.255. The van der Waals surface area contributed by atoms with Gasteiger partial charge in [0.2, 0.25) is 0 Å². The second kappa shape index (κ2) is 7.64. The molecule has 0 fully saturated rings. The van der Waals surface area contributed by atoms with Gasteiger partial charge in [-0.1, -0.05) is 53.2 Å². The minimum atomic E-state index is -0.246. The van der Waals surface area contributed by atoms with Crippen molar-refractivity contribution in [1.29, 1.82) is 0 Å². The van der Waals surface area contributed by atoms with Crippen LogP contribution in [0.4, 0.5) is 10.5 Å². The largest absolute Gasteiger partial charge is 0.323 e. The van der Waals surface area contributed by atoms with E-state index in [-0.39, 0.29) is 6.03 Å². The Morgan fingerprint density at radius 1 is 1.14 bits per heavy atom. The van der Waals surface area contributed by atoms with Crippen LogP contribution in [0.2, 0.25) is 0 Å². The van der Waals surface area contributed by atoms with E-state index >= 15 is 0 Å². The van der Waals surface area contributed by atoms with E-state index < -0.39 is 0 Å². The Balaban J connectivity index is 1.91. The number of carbonyl (C=O) groups is 1. The molecule has 0 aliphatic rings. The molecule has 0 spiro atoms. The molecule has 0 aliphatic carbocycles. The number of carbonyl (C=O) groups excluding carboxylic acids is 1. The van der Waals surface area contributed by atoms with Crippen molar-refractivity contribution in [2.24, 2.45) is 0 Å². The van der Waals surface area contributed by atoms with Gasteiger partial charge in [-0.3, -0.25) is 0 Å². The number of amides is 2. The first-order valence-electron chi connectivity index (χ1n) is 6.76. The summed E-state index contributed by atoms with van der Waals surface area (Å²) in [7, 11) is 0. The molecule has 2 amide bonds. The summed E-state index contributed by atoms with van der Waals surface area (Å²) in [4.78, 5) is 11.8. The molecule has 0 bridgehead atoms. The molecule has 0 saturated carbocycles. The highest BCUT2D eigenvalue weighted by atomic mass is 79.9. The Hall–Kier alpha value is -2.07. The van der Waals surface area contributed by atoms with E-state index in [0.717, 1.165) is 27.7 Å². The Kier molecular flexibility index (Phi) is 5.58. The van der Waals surface area contributed by atoms with Gasteiger partial charge in [0.1, 0.15) is 0 Å². The molecule has 0 aliphatic heterocycles. The van der Waals surface area contributed by atoms with Crippen LogP contribution in [0.5, 0.6) is 0 Å². The summed E-state index contributed by atoms with van der Waals surface area (Å²) in [6, 6.07) is 15.4. The molecule has 108 valence electrons. The topological polar surface area (TPSA) is 41.1 Å². The van der Waals surface area contributed by atoms with Crippen molar-refractivity contribution < 1.29 is 4.79 Å². The lowest BCUT2D eigenvalue weighted by atomic mass is 10.1. The van der Waals surface area contributed by atoms with E-state index in [0.29, 0.717) is 0 Å². The summed E-state index contributed by atoms with van der Waals surface area (Å²) in [5.74, 6) is 0. The van der Waals surface area contributed by atoms with Crippen LogP contribution in [-0.4, -0.2) is 6.03 Å². The lowest BCUT2D eigenvalue weighted by Crippen LogP contribution is -2.24. The van der Waals surface area contributed by atoms with Gasteiger partial charge in [-0.2, -0.15) is 0 Å². The zero-order valence-corrected chi connectivity index (χ0v) is 13.4. The average Bonchev–Trinajstić information content (AvgIpc) is 2.50. The van der Waals surface area contributed by atoms with Crippen LogP contribution in [0.1, 0.15) is 18.1 Å². The van der Waals surface area contributed by atoms with Gasteiger partial charge in [-0.25, -0.2) is 4.79 Å². The van der Waals surface area contributed by atoms with Crippen LogP contribution in [-0.2, 0) is 6.42 Å². The number of para-hydroxylation sites is 1. The first-order chi connectivity index (χ1) is 10.2. The second-order valence-electron chi connectivity index (χ2n) is 4.49. The molecule has 3 nitrogen and oxygen atoms in total. The standard InChI is InChI=1S/C17H17BrN2O/c1-2-14-5-3-4-6-16(14)20-17(21)19-12-11-13-7-9-15(18)10-8-13/h3-12H,2H2,1H3,(H2,19,20,21)/b12-11+. The summed E-state index contributed by atoms with van der Waals surface area (Å²) in [6.45, 7) is 2.06. The van der Waals surface area contributed by atoms with E-state index in [1.165, 1.54) is 0 Å². The molecule has 0 radical (unpaired) electrons. The number of anilines is 1. The quantitative estimate of drug-likeness (QED) is 0.821. The maximum Gasteiger partial charge on any atom is 0.323 e. The van der Waals surface area contributed by atoms with Gasteiger partial charge in [0.15, 0.2) is 0 Å². The zero-order chi connectivity index (χ0) is 15.1. The Morgan fingerprint density at radius 3 is 2.57 bits per heavy atom. The Labute approximate surface area is 133 Å². The second-order valence-corrected chi connectivity index (χ2v) is 5.41. The third-order valence-corrected chi connectivity index (χ3v) is 3.54. The molecule has 0 unspecified atom stereocenters. The summed E-state index contributed by atoms with van der Waals surface area (Å²) in [5, 5.41) is 5.55.